The predicted molar refractivity (Wildman–Crippen MR) is 81.1 cm³/mol. The van der Waals surface area contributed by atoms with Crippen LogP contribution in [0.2, 0.25) is 0 Å². The minimum absolute atomic E-state index is 0.189. The topological polar surface area (TPSA) is 81.8 Å². The van der Waals surface area contributed by atoms with Gasteiger partial charge in [0.1, 0.15) is 6.61 Å². The van der Waals surface area contributed by atoms with Crippen LogP contribution in [-0.4, -0.2) is 17.1 Å². The lowest BCUT2D eigenvalue weighted by Crippen LogP contribution is -2.03. The van der Waals surface area contributed by atoms with Crippen molar-refractivity contribution in [1.82, 2.24) is 0 Å². The third-order valence-electron chi connectivity index (χ3n) is 3.20. The largest absolute Gasteiger partial charge is 0.493 e. The maximum absolute atomic E-state index is 11.2. The third kappa shape index (κ3) is 3.53. The van der Waals surface area contributed by atoms with Crippen LogP contribution >= 0.6 is 0 Å². The average molecular weight is 303 g/mol. The Morgan fingerprint density at radius 2 is 1.91 bits per heavy atom. The van der Waals surface area contributed by atoms with Crippen LogP contribution in [0.5, 0.6) is 11.5 Å². The normalized spacial score (nSPS) is 11.8. The highest BCUT2D eigenvalue weighted by molar-refractivity contribution is 5.55. The molecule has 6 nitrogen and oxygen atoms in total. The standard InChI is InChI=1S/C16H17NO5/c1-11(18)13-8-15(21-2)16(9-14(13)17(19)20)22-10-12-6-4-3-5-7-12/h3-9,11,18H,10H2,1-2H3/t11-/m1/s1. The number of methoxy groups -OCH3 is 1. The summed E-state index contributed by atoms with van der Waals surface area (Å²) < 4.78 is 10.8. The van der Waals surface area contributed by atoms with E-state index < -0.39 is 11.0 Å². The summed E-state index contributed by atoms with van der Waals surface area (Å²) in [5, 5.41) is 20.8. The first-order valence-corrected chi connectivity index (χ1v) is 6.74. The molecule has 1 atom stereocenters. The highest BCUT2D eigenvalue weighted by Gasteiger charge is 2.22. The number of ether oxygens (including phenoxy) is 2. The van der Waals surface area contributed by atoms with E-state index in [1.165, 1.54) is 26.2 Å². The first kappa shape index (κ1) is 15.8. The fraction of sp³-hybridized carbons (Fsp3) is 0.250. The molecule has 0 aromatic heterocycles. The second kappa shape index (κ2) is 6.91. The Balaban J connectivity index is 2.33. The fourth-order valence-corrected chi connectivity index (χ4v) is 2.07. The molecular formula is C16H17NO5. The summed E-state index contributed by atoms with van der Waals surface area (Å²) in [5.74, 6) is 0.611. The Labute approximate surface area is 128 Å². The molecule has 0 fully saturated rings. The van der Waals surface area contributed by atoms with Gasteiger partial charge in [-0.15, -0.1) is 0 Å². The molecule has 22 heavy (non-hydrogen) atoms. The molecule has 6 heteroatoms. The van der Waals surface area contributed by atoms with Crippen LogP contribution in [-0.2, 0) is 6.61 Å². The summed E-state index contributed by atoms with van der Waals surface area (Å²) >= 11 is 0. The highest BCUT2D eigenvalue weighted by atomic mass is 16.6. The van der Waals surface area contributed by atoms with Gasteiger partial charge in [0.15, 0.2) is 11.5 Å². The van der Waals surface area contributed by atoms with E-state index in [1.807, 2.05) is 30.3 Å². The zero-order valence-electron chi connectivity index (χ0n) is 12.4. The van der Waals surface area contributed by atoms with E-state index in [9.17, 15) is 15.2 Å². The molecule has 0 aliphatic rings. The molecule has 2 aromatic rings. The van der Waals surface area contributed by atoms with Crippen LogP contribution in [0.1, 0.15) is 24.2 Å². The smallest absolute Gasteiger partial charge is 0.279 e. The van der Waals surface area contributed by atoms with E-state index in [-0.39, 0.29) is 23.6 Å². The molecule has 0 radical (unpaired) electrons. The van der Waals surface area contributed by atoms with Crippen molar-refractivity contribution in [3.05, 3.63) is 63.7 Å². The monoisotopic (exact) mass is 303 g/mol. The zero-order valence-corrected chi connectivity index (χ0v) is 12.4. The molecular weight excluding hydrogens is 286 g/mol. The maximum atomic E-state index is 11.2. The summed E-state index contributed by atoms with van der Waals surface area (Å²) in [4.78, 5) is 10.6. The molecule has 0 saturated heterocycles. The van der Waals surface area contributed by atoms with Crippen LogP contribution in [0, 0.1) is 10.1 Å². The van der Waals surface area contributed by atoms with Crippen molar-refractivity contribution in [2.45, 2.75) is 19.6 Å². The highest BCUT2D eigenvalue weighted by Crippen LogP contribution is 2.37. The number of aliphatic hydroxyl groups excluding tert-OH is 1. The lowest BCUT2D eigenvalue weighted by Gasteiger charge is -2.14. The van der Waals surface area contributed by atoms with E-state index in [2.05, 4.69) is 0 Å². The van der Waals surface area contributed by atoms with E-state index in [0.29, 0.717) is 5.75 Å². The van der Waals surface area contributed by atoms with Gasteiger partial charge in [-0.2, -0.15) is 0 Å². The second-order valence-electron chi connectivity index (χ2n) is 4.77. The first-order valence-electron chi connectivity index (χ1n) is 6.74. The van der Waals surface area contributed by atoms with E-state index >= 15 is 0 Å². The van der Waals surface area contributed by atoms with Gasteiger partial charge in [0.2, 0.25) is 0 Å². The molecule has 0 saturated carbocycles. The molecule has 2 aromatic carbocycles. The first-order chi connectivity index (χ1) is 10.5. The van der Waals surface area contributed by atoms with E-state index in [1.54, 1.807) is 0 Å². The third-order valence-corrected chi connectivity index (χ3v) is 3.20. The van der Waals surface area contributed by atoms with Gasteiger partial charge < -0.3 is 14.6 Å². The zero-order chi connectivity index (χ0) is 16.1. The molecule has 0 aliphatic heterocycles. The SMILES string of the molecule is COc1cc([C@@H](C)O)c([N+](=O)[O-])cc1OCc1ccccc1. The molecule has 0 spiro atoms. The summed E-state index contributed by atoms with van der Waals surface area (Å²) in [6.45, 7) is 1.73. The molecule has 0 heterocycles. The number of nitro benzene ring substituents is 1. The van der Waals surface area contributed by atoms with Gasteiger partial charge in [-0.05, 0) is 18.6 Å². The molecule has 0 unspecified atom stereocenters. The molecule has 1 N–H and O–H groups in total. The van der Waals surface area contributed by atoms with Gasteiger partial charge in [0.05, 0.1) is 29.8 Å². The van der Waals surface area contributed by atoms with Crippen molar-refractivity contribution >= 4 is 5.69 Å². The summed E-state index contributed by atoms with van der Waals surface area (Å²) in [6, 6.07) is 12.2. The van der Waals surface area contributed by atoms with Crippen LogP contribution in [0.25, 0.3) is 0 Å². The number of nitrogens with zero attached hydrogens (tertiary/aromatic N) is 1. The molecule has 116 valence electrons. The second-order valence-corrected chi connectivity index (χ2v) is 4.77. The van der Waals surface area contributed by atoms with Crippen LogP contribution in [0.3, 0.4) is 0 Å². The van der Waals surface area contributed by atoms with E-state index in [0.717, 1.165) is 5.56 Å². The van der Waals surface area contributed by atoms with Crippen molar-refractivity contribution in [3.8, 4) is 11.5 Å². The van der Waals surface area contributed by atoms with Gasteiger partial charge >= 0.3 is 0 Å². The Kier molecular flexibility index (Phi) is 4.95. The lowest BCUT2D eigenvalue weighted by molar-refractivity contribution is -0.386. The van der Waals surface area contributed by atoms with Gasteiger partial charge in [-0.1, -0.05) is 30.3 Å². The van der Waals surface area contributed by atoms with Gasteiger partial charge in [0, 0.05) is 0 Å². The minimum atomic E-state index is -0.975. The molecule has 0 aliphatic carbocycles. The number of benzene rings is 2. The minimum Gasteiger partial charge on any atom is -0.493 e. The van der Waals surface area contributed by atoms with Crippen molar-refractivity contribution in [2.75, 3.05) is 7.11 Å². The Hall–Kier alpha value is -2.60. The number of nitro groups is 1. The quantitative estimate of drug-likeness (QED) is 0.654. The van der Waals surface area contributed by atoms with Gasteiger partial charge in [-0.25, -0.2) is 0 Å². The maximum Gasteiger partial charge on any atom is 0.279 e. The number of rotatable bonds is 6. The van der Waals surface area contributed by atoms with Gasteiger partial charge in [-0.3, -0.25) is 10.1 Å². The Bertz CT molecular complexity index is 655. The lowest BCUT2D eigenvalue weighted by atomic mass is 10.1. The van der Waals surface area contributed by atoms with Crippen molar-refractivity contribution in [2.24, 2.45) is 0 Å². The summed E-state index contributed by atoms with van der Waals surface area (Å²) in [6.07, 6.45) is -0.975. The summed E-state index contributed by atoms with van der Waals surface area (Å²) in [5.41, 5.74) is 0.930. The van der Waals surface area contributed by atoms with Gasteiger partial charge in [0.25, 0.3) is 5.69 Å². The number of hydrogen-bond donors (Lipinski definition) is 1. The fourth-order valence-electron chi connectivity index (χ4n) is 2.07. The van der Waals surface area contributed by atoms with Crippen LogP contribution < -0.4 is 9.47 Å². The Morgan fingerprint density at radius 3 is 2.45 bits per heavy atom. The van der Waals surface area contributed by atoms with Crippen LogP contribution in [0.15, 0.2) is 42.5 Å². The van der Waals surface area contributed by atoms with Crippen LogP contribution in [0.4, 0.5) is 5.69 Å². The average Bonchev–Trinajstić information content (AvgIpc) is 2.52. The Morgan fingerprint density at radius 1 is 1.23 bits per heavy atom. The summed E-state index contributed by atoms with van der Waals surface area (Å²) in [7, 11) is 1.45. The van der Waals surface area contributed by atoms with Crippen molar-refractivity contribution in [3.63, 3.8) is 0 Å². The molecule has 2 rings (SSSR count). The molecule has 0 amide bonds. The predicted octanol–water partition coefficient (Wildman–Crippen LogP) is 3.24. The van der Waals surface area contributed by atoms with E-state index in [4.69, 9.17) is 9.47 Å². The van der Waals surface area contributed by atoms with Crippen molar-refractivity contribution in [1.29, 1.82) is 0 Å². The van der Waals surface area contributed by atoms with Crippen molar-refractivity contribution < 1.29 is 19.5 Å². The number of aliphatic hydroxyl groups is 1. The number of hydrogen-bond acceptors (Lipinski definition) is 5. The molecule has 0 bridgehead atoms.